The zero-order valence-electron chi connectivity index (χ0n) is 20.6. The molecule has 186 valence electrons. The molecule has 1 aromatic heterocycles. The fraction of sp³-hybridized carbons (Fsp3) is 0.346. The average molecular weight is 517 g/mol. The van der Waals surface area contributed by atoms with Crippen molar-refractivity contribution in [3.63, 3.8) is 0 Å². The number of nitrogens with one attached hydrogen (secondary N) is 1. The molecule has 9 heteroatoms. The molecule has 0 bridgehead atoms. The number of methoxy groups -OCH3 is 1. The topological polar surface area (TPSA) is 76.5 Å². The monoisotopic (exact) mass is 516 g/mol. The zero-order chi connectivity index (χ0) is 25.8. The van der Waals surface area contributed by atoms with Gasteiger partial charge in [0, 0.05) is 23.0 Å². The van der Waals surface area contributed by atoms with E-state index in [-0.39, 0.29) is 28.8 Å². The molecule has 0 unspecified atom stereocenters. The number of anilines is 1. The van der Waals surface area contributed by atoms with Crippen LogP contribution in [0.2, 0.25) is 10.0 Å². The van der Waals surface area contributed by atoms with Gasteiger partial charge in [-0.25, -0.2) is 4.68 Å². The lowest BCUT2D eigenvalue weighted by atomic mass is 9.92. The van der Waals surface area contributed by atoms with Gasteiger partial charge in [0.15, 0.2) is 0 Å². The summed E-state index contributed by atoms with van der Waals surface area (Å²) in [4.78, 5) is 27.7. The lowest BCUT2D eigenvalue weighted by Gasteiger charge is -2.22. The van der Waals surface area contributed by atoms with E-state index in [4.69, 9.17) is 33.0 Å². The van der Waals surface area contributed by atoms with Crippen molar-refractivity contribution in [2.24, 2.45) is 0 Å². The summed E-state index contributed by atoms with van der Waals surface area (Å²) < 4.78 is 6.93. The number of aromatic nitrogens is 2. The van der Waals surface area contributed by atoms with Crippen LogP contribution < -0.4 is 10.1 Å². The molecule has 35 heavy (non-hydrogen) atoms. The predicted molar refractivity (Wildman–Crippen MR) is 140 cm³/mol. The minimum absolute atomic E-state index is 0.135. The van der Waals surface area contributed by atoms with E-state index < -0.39 is 0 Å². The van der Waals surface area contributed by atoms with Crippen LogP contribution >= 0.6 is 23.2 Å². The highest BCUT2D eigenvalue weighted by Crippen LogP contribution is 2.27. The molecule has 0 radical (unpaired) electrons. The number of benzene rings is 2. The van der Waals surface area contributed by atoms with Crippen molar-refractivity contribution in [1.82, 2.24) is 14.7 Å². The molecule has 0 saturated heterocycles. The summed E-state index contributed by atoms with van der Waals surface area (Å²) in [6, 6.07) is 13.9. The summed E-state index contributed by atoms with van der Waals surface area (Å²) >= 11 is 12.2. The minimum Gasteiger partial charge on any atom is -0.497 e. The Balaban J connectivity index is 1.86. The van der Waals surface area contributed by atoms with Gasteiger partial charge in [0.1, 0.15) is 18.1 Å². The van der Waals surface area contributed by atoms with Gasteiger partial charge in [-0.3, -0.25) is 9.59 Å². The fourth-order valence-corrected chi connectivity index (χ4v) is 3.96. The van der Waals surface area contributed by atoms with Crippen molar-refractivity contribution in [3.05, 3.63) is 69.8 Å². The van der Waals surface area contributed by atoms with Gasteiger partial charge in [0.2, 0.25) is 5.91 Å². The number of nitrogens with zero attached hydrogens (tertiary/aromatic N) is 3. The highest BCUT2D eigenvalue weighted by atomic mass is 35.5. The van der Waals surface area contributed by atoms with Crippen molar-refractivity contribution >= 4 is 40.8 Å². The van der Waals surface area contributed by atoms with E-state index in [9.17, 15) is 9.59 Å². The number of ether oxygens (including phenoxy) is 1. The van der Waals surface area contributed by atoms with Gasteiger partial charge >= 0.3 is 0 Å². The van der Waals surface area contributed by atoms with Crippen LogP contribution in [0.25, 0.3) is 5.69 Å². The normalized spacial score (nSPS) is 11.3. The highest BCUT2D eigenvalue weighted by molar-refractivity contribution is 6.36. The van der Waals surface area contributed by atoms with Crippen molar-refractivity contribution in [2.75, 3.05) is 25.5 Å². The molecule has 7 nitrogen and oxygen atoms in total. The van der Waals surface area contributed by atoms with E-state index in [1.165, 1.54) is 11.0 Å². The fourth-order valence-electron chi connectivity index (χ4n) is 3.47. The Hall–Kier alpha value is -3.03. The lowest BCUT2D eigenvalue weighted by molar-refractivity contribution is -0.116. The van der Waals surface area contributed by atoms with Crippen LogP contribution in [-0.2, 0) is 10.2 Å². The Bertz CT molecular complexity index is 1200. The standard InChI is InChI=1S/C26H30Cl2N4O3/c1-6-13-31(25(34)20-12-7-17(27)14-21(20)28)16-24(33)29-23-15-22(26(2,3)4)30-32(23)18-8-10-19(35-5)11-9-18/h7-12,14-15H,6,13,16H2,1-5H3,(H,29,33). The number of amides is 2. The van der Waals surface area contributed by atoms with Crippen molar-refractivity contribution in [3.8, 4) is 11.4 Å². The number of rotatable bonds is 8. The zero-order valence-corrected chi connectivity index (χ0v) is 22.1. The first-order valence-electron chi connectivity index (χ1n) is 11.3. The second-order valence-electron chi connectivity index (χ2n) is 9.17. The van der Waals surface area contributed by atoms with Crippen LogP contribution in [0.1, 0.15) is 50.2 Å². The molecule has 0 aliphatic rings. The summed E-state index contributed by atoms with van der Waals surface area (Å²) in [5.41, 5.74) is 1.66. The highest BCUT2D eigenvalue weighted by Gasteiger charge is 2.24. The first kappa shape index (κ1) is 26.6. The Morgan fingerprint density at radius 3 is 2.34 bits per heavy atom. The van der Waals surface area contributed by atoms with E-state index in [1.54, 1.807) is 23.9 Å². The largest absolute Gasteiger partial charge is 0.497 e. The van der Waals surface area contributed by atoms with E-state index in [1.807, 2.05) is 37.3 Å². The van der Waals surface area contributed by atoms with Gasteiger partial charge in [0.05, 0.1) is 29.1 Å². The summed E-state index contributed by atoms with van der Waals surface area (Å²) in [6.45, 7) is 8.36. The van der Waals surface area contributed by atoms with Crippen molar-refractivity contribution in [1.29, 1.82) is 0 Å². The third-order valence-electron chi connectivity index (χ3n) is 5.34. The Morgan fingerprint density at radius 1 is 1.09 bits per heavy atom. The molecule has 0 saturated carbocycles. The van der Waals surface area contributed by atoms with Gasteiger partial charge in [-0.05, 0) is 48.9 Å². The average Bonchev–Trinajstić information content (AvgIpc) is 3.22. The van der Waals surface area contributed by atoms with Crippen molar-refractivity contribution in [2.45, 2.75) is 39.5 Å². The molecule has 1 N–H and O–H groups in total. The minimum atomic E-state index is -0.341. The van der Waals surface area contributed by atoms with Gasteiger partial charge in [0.25, 0.3) is 5.91 Å². The Morgan fingerprint density at radius 2 is 1.77 bits per heavy atom. The van der Waals surface area contributed by atoms with Crippen LogP contribution in [0.4, 0.5) is 5.82 Å². The summed E-state index contributed by atoms with van der Waals surface area (Å²) in [5.74, 6) is 0.561. The molecule has 1 heterocycles. The van der Waals surface area contributed by atoms with E-state index in [2.05, 4.69) is 26.1 Å². The number of carbonyl (C=O) groups is 2. The lowest BCUT2D eigenvalue weighted by Crippen LogP contribution is -2.38. The molecule has 2 aromatic carbocycles. The second kappa shape index (κ2) is 11.1. The first-order chi connectivity index (χ1) is 16.5. The summed E-state index contributed by atoms with van der Waals surface area (Å²) in [5, 5.41) is 8.34. The van der Waals surface area contributed by atoms with Gasteiger partial charge in [-0.2, -0.15) is 5.10 Å². The molecule has 0 atom stereocenters. The third kappa shape index (κ3) is 6.55. The van der Waals surface area contributed by atoms with Crippen LogP contribution in [0, 0.1) is 0 Å². The molecule has 2 amide bonds. The maximum atomic E-state index is 13.1. The van der Waals surface area contributed by atoms with E-state index in [0.717, 1.165) is 17.1 Å². The number of hydrogen-bond acceptors (Lipinski definition) is 4. The molecule has 0 aliphatic carbocycles. The molecule has 0 spiro atoms. The number of halogens is 2. The Kier molecular flexibility index (Phi) is 8.46. The van der Waals surface area contributed by atoms with Crippen LogP contribution in [0.15, 0.2) is 48.5 Å². The Labute approximate surface area is 216 Å². The molecule has 0 fully saturated rings. The molecule has 0 aliphatic heterocycles. The van der Waals surface area contributed by atoms with E-state index in [0.29, 0.717) is 29.4 Å². The van der Waals surface area contributed by atoms with Crippen LogP contribution in [0.5, 0.6) is 5.75 Å². The van der Waals surface area contributed by atoms with Gasteiger partial charge in [-0.1, -0.05) is 50.9 Å². The first-order valence-corrected chi connectivity index (χ1v) is 12.1. The smallest absolute Gasteiger partial charge is 0.255 e. The SMILES string of the molecule is CCCN(CC(=O)Nc1cc(C(C)(C)C)nn1-c1ccc(OC)cc1)C(=O)c1ccc(Cl)cc1Cl. The number of carbonyl (C=O) groups excluding carboxylic acids is 2. The third-order valence-corrected chi connectivity index (χ3v) is 5.89. The predicted octanol–water partition coefficient (Wildman–Crippen LogP) is 5.98. The molecule has 3 aromatic rings. The molecular formula is C26H30Cl2N4O3. The van der Waals surface area contributed by atoms with E-state index >= 15 is 0 Å². The maximum absolute atomic E-state index is 13.1. The summed E-state index contributed by atoms with van der Waals surface area (Å²) in [7, 11) is 1.60. The number of hydrogen-bond donors (Lipinski definition) is 1. The van der Waals surface area contributed by atoms with Gasteiger partial charge in [-0.15, -0.1) is 0 Å². The molecule has 3 rings (SSSR count). The van der Waals surface area contributed by atoms with Crippen LogP contribution in [-0.4, -0.2) is 46.7 Å². The van der Waals surface area contributed by atoms with Gasteiger partial charge < -0.3 is 15.0 Å². The quantitative estimate of drug-likeness (QED) is 0.399. The molecular weight excluding hydrogens is 487 g/mol. The maximum Gasteiger partial charge on any atom is 0.255 e. The van der Waals surface area contributed by atoms with Crippen molar-refractivity contribution < 1.29 is 14.3 Å². The summed E-state index contributed by atoms with van der Waals surface area (Å²) in [6.07, 6.45) is 0.683. The van der Waals surface area contributed by atoms with Crippen LogP contribution in [0.3, 0.4) is 0 Å². The second-order valence-corrected chi connectivity index (χ2v) is 10.0.